The maximum Gasteiger partial charge on any atom is 0.0402 e. The minimum absolute atomic E-state index is 0.250. The molecule has 3 heteroatoms. The van der Waals surface area contributed by atoms with E-state index < -0.39 is 0 Å². The first-order valence-electron chi connectivity index (χ1n) is 4.91. The Hall–Kier alpha value is -0.120. The van der Waals surface area contributed by atoms with Crippen LogP contribution in [-0.2, 0) is 0 Å². The second-order valence-electron chi connectivity index (χ2n) is 1.34. The first kappa shape index (κ1) is 29.3. The van der Waals surface area contributed by atoms with Crippen LogP contribution in [0.2, 0.25) is 0 Å². The first-order chi connectivity index (χ1) is 6.24. The molecule has 0 aromatic rings. The van der Waals surface area contributed by atoms with Gasteiger partial charge in [0.2, 0.25) is 0 Å². The van der Waals surface area contributed by atoms with Gasteiger partial charge in [0.15, 0.2) is 0 Å². The Kier molecular flexibility index (Phi) is 382. The molecule has 0 aliphatic carbocycles. The highest BCUT2D eigenvalue weighted by molar-refractivity contribution is 3.92. The van der Waals surface area contributed by atoms with Crippen molar-refractivity contribution < 1.29 is 15.3 Å². The third kappa shape index (κ3) is 80500. The summed E-state index contributed by atoms with van der Waals surface area (Å²) in [5.41, 5.74) is 0. The Morgan fingerprint density at radius 1 is 0.692 bits per heavy atom. The lowest BCUT2D eigenvalue weighted by Gasteiger charge is -1.52. The zero-order valence-electron chi connectivity index (χ0n) is 10.5. The second kappa shape index (κ2) is 170. The maximum absolute atomic E-state index is 7.57. The number of hydrogen-bond acceptors (Lipinski definition) is 3. The van der Waals surface area contributed by atoms with Crippen LogP contribution in [0.4, 0.5) is 0 Å². The van der Waals surface area contributed by atoms with Gasteiger partial charge in [-0.05, 0) is 13.8 Å². The number of aliphatic hydroxyl groups excluding tert-OH is 3. The normalized spacial score (nSPS) is 5.08. The van der Waals surface area contributed by atoms with Crippen molar-refractivity contribution in [2.45, 2.75) is 48.0 Å². The number of rotatable bonds is 0. The average molecular weight is 198 g/mol. The molecule has 0 radical (unpaired) electrons. The molecular formula is C10H30O3. The molecule has 0 rings (SSSR count). The lowest BCUT2D eigenvalue weighted by atomic mass is 10.6. The molecule has 0 unspecified atom stereocenters. The maximum atomic E-state index is 7.57. The molecule has 13 heavy (non-hydrogen) atoms. The van der Waals surface area contributed by atoms with Crippen LogP contribution in [0.1, 0.15) is 48.0 Å². The Labute approximate surface area is 84.4 Å². The van der Waals surface area contributed by atoms with E-state index in [0.29, 0.717) is 0 Å². The van der Waals surface area contributed by atoms with Crippen LogP contribution < -0.4 is 0 Å². The van der Waals surface area contributed by atoms with E-state index in [4.69, 9.17) is 15.3 Å². The quantitative estimate of drug-likeness (QED) is 0.558. The molecule has 3 nitrogen and oxygen atoms in total. The lowest BCUT2D eigenvalue weighted by Crippen LogP contribution is -1.57. The van der Waals surface area contributed by atoms with Gasteiger partial charge in [0.25, 0.3) is 0 Å². The van der Waals surface area contributed by atoms with Gasteiger partial charge < -0.3 is 15.3 Å². The van der Waals surface area contributed by atoms with E-state index >= 15 is 0 Å². The van der Waals surface area contributed by atoms with E-state index in [9.17, 15) is 0 Å². The molecule has 0 amide bonds. The predicted molar refractivity (Wildman–Crippen MR) is 61.0 cm³/mol. The van der Waals surface area contributed by atoms with Crippen LogP contribution in [0, 0.1) is 0 Å². The highest BCUT2D eigenvalue weighted by Crippen LogP contribution is 1.56. The van der Waals surface area contributed by atoms with Crippen molar-refractivity contribution in [3.63, 3.8) is 0 Å². The van der Waals surface area contributed by atoms with Crippen LogP contribution >= 0.6 is 0 Å². The van der Waals surface area contributed by atoms with Crippen molar-refractivity contribution >= 4 is 0 Å². The lowest BCUT2D eigenvalue weighted by molar-refractivity contribution is 0.318. The van der Waals surface area contributed by atoms with Crippen LogP contribution in [0.15, 0.2) is 0 Å². The van der Waals surface area contributed by atoms with Crippen LogP contribution in [0.25, 0.3) is 0 Å². The molecule has 0 aliphatic heterocycles. The number of aliphatic hydroxyl groups is 3. The van der Waals surface area contributed by atoms with Gasteiger partial charge in [-0.3, -0.25) is 0 Å². The monoisotopic (exact) mass is 198 g/mol. The molecule has 0 bridgehead atoms. The molecule has 0 saturated heterocycles. The molecule has 0 aliphatic rings. The minimum atomic E-state index is 0.250. The van der Waals surface area contributed by atoms with Gasteiger partial charge >= 0.3 is 0 Å². The fourth-order valence-corrected chi connectivity index (χ4v) is 0. The molecule has 0 saturated carbocycles. The summed E-state index contributed by atoms with van der Waals surface area (Å²) < 4.78 is 0. The van der Waals surface area contributed by atoms with Gasteiger partial charge in [-0.15, -0.1) is 0 Å². The van der Waals surface area contributed by atoms with E-state index in [0.717, 1.165) is 7.11 Å². The largest absolute Gasteiger partial charge is 0.400 e. The van der Waals surface area contributed by atoms with E-state index in [1.807, 2.05) is 13.8 Å². The zero-order chi connectivity index (χ0) is 12.1. The summed E-state index contributed by atoms with van der Waals surface area (Å²) in [6.45, 7) is 12.1. The molecule has 0 aromatic heterocycles. The zero-order valence-corrected chi connectivity index (χ0v) is 10.5. The topological polar surface area (TPSA) is 60.7 Å². The summed E-state index contributed by atoms with van der Waals surface area (Å²) in [6.07, 6.45) is 1.25. The second-order valence-corrected chi connectivity index (χ2v) is 1.34. The average Bonchev–Trinajstić information content (AvgIpc) is 2.14. The molecule has 0 heterocycles. The van der Waals surface area contributed by atoms with E-state index in [1.54, 1.807) is 13.8 Å². The van der Waals surface area contributed by atoms with Crippen molar-refractivity contribution in [1.82, 2.24) is 0 Å². The van der Waals surface area contributed by atoms with Gasteiger partial charge in [0, 0.05) is 20.3 Å². The summed E-state index contributed by atoms with van der Waals surface area (Å²) in [7, 11) is 1.00. The smallest absolute Gasteiger partial charge is 0.0402 e. The number of hydrogen-bond donors (Lipinski definition) is 3. The first-order valence-corrected chi connectivity index (χ1v) is 4.91. The molecule has 0 fully saturated rings. The summed E-state index contributed by atoms with van der Waals surface area (Å²) in [6, 6.07) is 0. The molecule has 3 N–H and O–H groups in total. The van der Waals surface area contributed by atoms with Crippen molar-refractivity contribution in [3.8, 4) is 0 Å². The Morgan fingerprint density at radius 3 is 0.692 bits per heavy atom. The van der Waals surface area contributed by atoms with Crippen LogP contribution in [0.5, 0.6) is 0 Å². The van der Waals surface area contributed by atoms with E-state index in [2.05, 4.69) is 13.8 Å². The van der Waals surface area contributed by atoms with Crippen molar-refractivity contribution in [2.24, 2.45) is 0 Å². The molecule has 0 atom stereocenters. The van der Waals surface area contributed by atoms with Crippen molar-refractivity contribution in [1.29, 1.82) is 0 Å². The fraction of sp³-hybridized carbons (Fsp3) is 1.00. The van der Waals surface area contributed by atoms with Gasteiger partial charge in [0.1, 0.15) is 0 Å². The molecule has 0 aromatic carbocycles. The third-order valence-corrected chi connectivity index (χ3v) is 0. The Bertz CT molecular complexity index is 14.9. The highest BCUT2D eigenvalue weighted by Gasteiger charge is 1.35. The minimum Gasteiger partial charge on any atom is -0.400 e. The molecular weight excluding hydrogens is 168 g/mol. The fourth-order valence-electron chi connectivity index (χ4n) is 0. The predicted octanol–water partition coefficient (Wildman–Crippen LogP) is 2.05. The summed E-state index contributed by atoms with van der Waals surface area (Å²) in [4.78, 5) is 0. The van der Waals surface area contributed by atoms with Gasteiger partial charge in [-0.2, -0.15) is 0 Å². The molecule has 0 spiro atoms. The summed E-state index contributed by atoms with van der Waals surface area (Å²) >= 11 is 0. The third-order valence-electron chi connectivity index (χ3n) is 0. The highest BCUT2D eigenvalue weighted by atomic mass is 16.3. The van der Waals surface area contributed by atoms with Crippen molar-refractivity contribution in [2.75, 3.05) is 20.3 Å². The van der Waals surface area contributed by atoms with Gasteiger partial charge in [-0.25, -0.2) is 0 Å². The summed E-state index contributed by atoms with van der Waals surface area (Å²) in [5.74, 6) is 0. The standard InChI is InChI=1S/C3H8.2C2H6O.C2H6.CH4O/c1-3-2;2*1-2-3;2*1-2/h3H2,1-2H3;2*3H,2H2,1H3;1-2H3;2H,1H3. The molecule has 88 valence electrons. The van der Waals surface area contributed by atoms with Crippen molar-refractivity contribution in [3.05, 3.63) is 0 Å². The summed E-state index contributed by atoms with van der Waals surface area (Å²) in [5, 5.41) is 22.1. The van der Waals surface area contributed by atoms with Gasteiger partial charge in [-0.1, -0.05) is 34.1 Å². The van der Waals surface area contributed by atoms with Crippen LogP contribution in [0.3, 0.4) is 0 Å². The van der Waals surface area contributed by atoms with E-state index in [1.165, 1.54) is 6.42 Å². The van der Waals surface area contributed by atoms with Gasteiger partial charge in [0.05, 0.1) is 0 Å². The van der Waals surface area contributed by atoms with E-state index in [-0.39, 0.29) is 13.2 Å². The Balaban J connectivity index is -0.0000000208. The Morgan fingerprint density at radius 2 is 0.692 bits per heavy atom. The SMILES string of the molecule is CC.CCC.CCO.CCO.CO. The van der Waals surface area contributed by atoms with Crippen LogP contribution in [-0.4, -0.2) is 35.6 Å².